The molecule has 0 amide bonds. The minimum absolute atomic E-state index is 0.0605. The first-order valence-electron chi connectivity index (χ1n) is 22.3. The first-order valence-corrected chi connectivity index (χ1v) is 22.3. The number of hydrogen-bond acceptors (Lipinski definition) is 2. The first kappa shape index (κ1) is 35.6. The fraction of sp³-hybridized carbons (Fsp3) is 0.207. The topological polar surface area (TPSA) is 25.8 Å². The van der Waals surface area contributed by atoms with Gasteiger partial charge < -0.3 is 0 Å². The summed E-state index contributed by atoms with van der Waals surface area (Å²) >= 11 is 0. The smallest absolute Gasteiger partial charge is 0.160 e. The zero-order valence-electron chi connectivity index (χ0n) is 34.1. The van der Waals surface area contributed by atoms with Crippen LogP contribution in [0, 0.1) is 0 Å². The molecule has 2 nitrogen and oxygen atoms in total. The number of rotatable bonds is 5. The fourth-order valence-corrected chi connectivity index (χ4v) is 11.9. The van der Waals surface area contributed by atoms with E-state index in [1.54, 1.807) is 22.3 Å². The quantitative estimate of drug-likeness (QED) is 0.174. The maximum Gasteiger partial charge on any atom is 0.160 e. The molecular formula is C58H48N2. The molecule has 0 atom stereocenters. The zero-order chi connectivity index (χ0) is 39.7. The molecule has 290 valence electrons. The van der Waals surface area contributed by atoms with Crippen LogP contribution in [0.5, 0.6) is 0 Å². The second kappa shape index (κ2) is 14.1. The molecule has 4 aliphatic rings. The Balaban J connectivity index is 1.01. The molecule has 4 aliphatic carbocycles. The maximum atomic E-state index is 5.27. The molecule has 2 saturated carbocycles. The summed E-state index contributed by atoms with van der Waals surface area (Å²) in [7, 11) is 0. The Morgan fingerprint density at radius 3 is 1.53 bits per heavy atom. The van der Waals surface area contributed by atoms with Crippen LogP contribution in [-0.2, 0) is 10.8 Å². The molecule has 0 N–H and O–H groups in total. The van der Waals surface area contributed by atoms with E-state index in [0.717, 1.165) is 33.9 Å². The van der Waals surface area contributed by atoms with Gasteiger partial charge >= 0.3 is 0 Å². The van der Waals surface area contributed by atoms with Crippen molar-refractivity contribution in [3.05, 3.63) is 192 Å². The molecule has 1 aromatic heterocycles. The highest BCUT2D eigenvalue weighted by molar-refractivity contribution is 5.97. The van der Waals surface area contributed by atoms with Gasteiger partial charge in [-0.1, -0.05) is 184 Å². The standard InChI is InChI=1S/C58H48N2/c1-5-17-39(18-6-1)40-27-29-41(30-28-40)53-38-54(60-56(59-53)42-19-7-2-8-20-42)44-22-15-21-43(35-44)45-24-16-26-50-55(45)48-37-51-47(36-52(48)58(50)33-13-4-14-34-58)46-23-9-10-25-49(46)57(51)31-11-3-12-32-57/h1-2,5-10,15-30,35-38H,3-4,11-14,31-34H2. The van der Waals surface area contributed by atoms with Crippen molar-refractivity contribution >= 4 is 0 Å². The Hall–Kier alpha value is -6.38. The molecule has 60 heavy (non-hydrogen) atoms. The molecule has 0 unspecified atom stereocenters. The Bertz CT molecular complexity index is 2910. The highest BCUT2D eigenvalue weighted by Crippen LogP contribution is 2.63. The highest BCUT2D eigenvalue weighted by atomic mass is 14.9. The summed E-state index contributed by atoms with van der Waals surface area (Å²) in [6, 6.07) is 63.1. The van der Waals surface area contributed by atoms with Crippen LogP contribution in [0.4, 0.5) is 0 Å². The lowest BCUT2D eigenvalue weighted by molar-refractivity contribution is 0.350. The van der Waals surface area contributed by atoms with E-state index >= 15 is 0 Å². The van der Waals surface area contributed by atoms with Crippen LogP contribution in [-0.4, -0.2) is 9.97 Å². The van der Waals surface area contributed by atoms with Crippen molar-refractivity contribution in [2.45, 2.75) is 75.0 Å². The Morgan fingerprint density at radius 1 is 0.300 bits per heavy atom. The van der Waals surface area contributed by atoms with Gasteiger partial charge in [-0.25, -0.2) is 9.97 Å². The second-order valence-electron chi connectivity index (χ2n) is 17.9. The van der Waals surface area contributed by atoms with Crippen molar-refractivity contribution in [2.24, 2.45) is 0 Å². The summed E-state index contributed by atoms with van der Waals surface area (Å²) in [6.45, 7) is 0. The third-order valence-corrected chi connectivity index (χ3v) is 14.7. The number of benzene rings is 7. The molecule has 2 heteroatoms. The van der Waals surface area contributed by atoms with Gasteiger partial charge in [0, 0.05) is 27.5 Å². The molecule has 0 bridgehead atoms. The van der Waals surface area contributed by atoms with Crippen LogP contribution < -0.4 is 0 Å². The van der Waals surface area contributed by atoms with Crippen molar-refractivity contribution in [3.8, 4) is 78.4 Å². The minimum Gasteiger partial charge on any atom is -0.228 e. The molecule has 7 aromatic carbocycles. The average Bonchev–Trinajstić information content (AvgIpc) is 3.74. The predicted octanol–water partition coefficient (Wildman–Crippen LogP) is 15.3. The number of nitrogens with zero attached hydrogens (tertiary/aromatic N) is 2. The van der Waals surface area contributed by atoms with Crippen LogP contribution in [0.3, 0.4) is 0 Å². The molecule has 12 rings (SSSR count). The molecule has 2 spiro atoms. The van der Waals surface area contributed by atoms with E-state index in [1.807, 2.05) is 0 Å². The number of aromatic nitrogens is 2. The van der Waals surface area contributed by atoms with E-state index in [2.05, 4.69) is 170 Å². The third kappa shape index (κ3) is 5.53. The monoisotopic (exact) mass is 772 g/mol. The molecule has 1 heterocycles. The lowest BCUT2D eigenvalue weighted by Gasteiger charge is -2.37. The molecule has 0 saturated heterocycles. The largest absolute Gasteiger partial charge is 0.228 e. The first-order chi connectivity index (χ1) is 29.7. The van der Waals surface area contributed by atoms with Crippen LogP contribution in [0.15, 0.2) is 170 Å². The molecular weight excluding hydrogens is 725 g/mol. The SMILES string of the molecule is c1ccc(-c2ccc(-c3cc(-c4cccc(-c5cccc6c5-c5cc7c(cc5C65CCCCC5)-c5ccccc5C75CCCCC5)c4)nc(-c4ccccc4)n3)cc2)cc1. The highest BCUT2D eigenvalue weighted by Gasteiger charge is 2.49. The Morgan fingerprint density at radius 2 is 0.800 bits per heavy atom. The van der Waals surface area contributed by atoms with E-state index in [-0.39, 0.29) is 10.8 Å². The summed E-state index contributed by atoms with van der Waals surface area (Å²) in [5.41, 5.74) is 22.4. The summed E-state index contributed by atoms with van der Waals surface area (Å²) in [5.74, 6) is 0.737. The second-order valence-corrected chi connectivity index (χ2v) is 17.9. The summed E-state index contributed by atoms with van der Waals surface area (Å²) in [4.78, 5) is 10.4. The minimum atomic E-state index is 0.0605. The molecule has 2 fully saturated rings. The van der Waals surface area contributed by atoms with Crippen molar-refractivity contribution in [2.75, 3.05) is 0 Å². The van der Waals surface area contributed by atoms with Gasteiger partial charge in [-0.05, 0) is 117 Å². The van der Waals surface area contributed by atoms with Gasteiger partial charge in [-0.3, -0.25) is 0 Å². The Labute approximate surface area is 354 Å². The maximum absolute atomic E-state index is 5.27. The number of fused-ring (bicyclic) bond motifs is 10. The van der Waals surface area contributed by atoms with E-state index in [4.69, 9.17) is 9.97 Å². The van der Waals surface area contributed by atoms with Crippen LogP contribution >= 0.6 is 0 Å². The summed E-state index contributed by atoms with van der Waals surface area (Å²) in [5, 5.41) is 0. The van der Waals surface area contributed by atoms with E-state index in [0.29, 0.717) is 0 Å². The van der Waals surface area contributed by atoms with Gasteiger partial charge in [0.05, 0.1) is 11.4 Å². The Kier molecular flexibility index (Phi) is 8.37. The van der Waals surface area contributed by atoms with Gasteiger partial charge in [-0.2, -0.15) is 0 Å². The van der Waals surface area contributed by atoms with Crippen molar-refractivity contribution in [3.63, 3.8) is 0 Å². The van der Waals surface area contributed by atoms with Crippen molar-refractivity contribution in [1.82, 2.24) is 9.97 Å². The third-order valence-electron chi connectivity index (χ3n) is 14.7. The average molecular weight is 773 g/mol. The molecule has 0 aliphatic heterocycles. The lowest BCUT2D eigenvalue weighted by atomic mass is 9.66. The normalized spacial score (nSPS) is 16.6. The van der Waals surface area contributed by atoms with E-state index in [9.17, 15) is 0 Å². The van der Waals surface area contributed by atoms with Gasteiger partial charge in [-0.15, -0.1) is 0 Å². The van der Waals surface area contributed by atoms with Crippen LogP contribution in [0.1, 0.15) is 86.5 Å². The van der Waals surface area contributed by atoms with Gasteiger partial charge in [0.25, 0.3) is 0 Å². The van der Waals surface area contributed by atoms with E-state index < -0.39 is 0 Å². The fourth-order valence-electron chi connectivity index (χ4n) is 11.9. The number of hydrogen-bond donors (Lipinski definition) is 0. The van der Waals surface area contributed by atoms with Crippen molar-refractivity contribution in [1.29, 1.82) is 0 Å². The predicted molar refractivity (Wildman–Crippen MR) is 248 cm³/mol. The van der Waals surface area contributed by atoms with Gasteiger partial charge in [0.1, 0.15) is 0 Å². The van der Waals surface area contributed by atoms with E-state index in [1.165, 1.54) is 109 Å². The molecule has 8 aromatic rings. The van der Waals surface area contributed by atoms with Crippen LogP contribution in [0.2, 0.25) is 0 Å². The van der Waals surface area contributed by atoms with Gasteiger partial charge in [0.15, 0.2) is 5.82 Å². The lowest BCUT2D eigenvalue weighted by Crippen LogP contribution is -2.29. The summed E-state index contributed by atoms with van der Waals surface area (Å²) in [6.07, 6.45) is 12.8. The van der Waals surface area contributed by atoms with Gasteiger partial charge in [0.2, 0.25) is 0 Å². The molecule has 0 radical (unpaired) electrons. The van der Waals surface area contributed by atoms with Crippen molar-refractivity contribution < 1.29 is 0 Å². The van der Waals surface area contributed by atoms with Crippen LogP contribution in [0.25, 0.3) is 78.4 Å². The zero-order valence-corrected chi connectivity index (χ0v) is 34.1. The summed E-state index contributed by atoms with van der Waals surface area (Å²) < 4.78 is 0.